The van der Waals surface area contributed by atoms with Crippen molar-refractivity contribution in [1.29, 1.82) is 0 Å². The summed E-state index contributed by atoms with van der Waals surface area (Å²) in [6, 6.07) is 20.0. The summed E-state index contributed by atoms with van der Waals surface area (Å²) < 4.78 is 1.19. The average Bonchev–Trinajstić information content (AvgIpc) is 3.37. The van der Waals surface area contributed by atoms with Gasteiger partial charge in [0.2, 0.25) is 0 Å². The highest BCUT2D eigenvalue weighted by Gasteiger charge is 2.33. The Morgan fingerprint density at radius 3 is 2.54 bits per heavy atom. The second-order valence-corrected chi connectivity index (χ2v) is 9.27. The summed E-state index contributed by atoms with van der Waals surface area (Å²) in [6.07, 6.45) is 4.57. The molecule has 1 unspecified atom stereocenters. The average molecular weight is 391 g/mol. The van der Waals surface area contributed by atoms with E-state index in [9.17, 15) is 4.79 Å². The lowest BCUT2D eigenvalue weighted by atomic mass is 10.0. The Hall–Kier alpha value is -2.17. The molecule has 2 aliphatic rings. The van der Waals surface area contributed by atoms with Gasteiger partial charge in [0.25, 0.3) is 5.91 Å². The van der Waals surface area contributed by atoms with Gasteiger partial charge in [0.1, 0.15) is 0 Å². The van der Waals surface area contributed by atoms with E-state index in [1.807, 2.05) is 30.1 Å². The van der Waals surface area contributed by atoms with Crippen LogP contribution in [0.15, 0.2) is 54.6 Å². The molecule has 1 fully saturated rings. The van der Waals surface area contributed by atoms with Gasteiger partial charge in [0, 0.05) is 30.4 Å². The van der Waals surface area contributed by atoms with Crippen molar-refractivity contribution in [3.63, 3.8) is 0 Å². The van der Waals surface area contributed by atoms with Crippen LogP contribution in [0.1, 0.15) is 33.6 Å². The first-order chi connectivity index (χ1) is 13.7. The maximum Gasteiger partial charge on any atom is 0.263 e. The first-order valence-corrected chi connectivity index (χ1v) is 11.1. The van der Waals surface area contributed by atoms with E-state index in [1.54, 1.807) is 11.3 Å². The minimum atomic E-state index is 0.169. The third-order valence-corrected chi connectivity index (χ3v) is 7.58. The lowest BCUT2D eigenvalue weighted by molar-refractivity contribution is 0.0559. The summed E-state index contributed by atoms with van der Waals surface area (Å²) in [6.45, 7) is 2.14. The van der Waals surface area contributed by atoms with Crippen molar-refractivity contribution in [3.8, 4) is 0 Å². The van der Waals surface area contributed by atoms with E-state index < -0.39 is 0 Å². The molecule has 0 bridgehead atoms. The number of hydrogen-bond donors (Lipinski definition) is 0. The van der Waals surface area contributed by atoms with Crippen molar-refractivity contribution in [2.24, 2.45) is 0 Å². The van der Waals surface area contributed by atoms with Crippen molar-refractivity contribution in [1.82, 2.24) is 9.80 Å². The number of piperidine rings is 1. The van der Waals surface area contributed by atoms with Gasteiger partial charge < -0.3 is 4.90 Å². The lowest BCUT2D eigenvalue weighted by Crippen LogP contribution is -2.51. The second kappa shape index (κ2) is 7.34. The smallest absolute Gasteiger partial charge is 0.263 e. The first-order valence-electron chi connectivity index (χ1n) is 10.3. The molecule has 3 aromatic rings. The van der Waals surface area contributed by atoms with Gasteiger partial charge in [-0.2, -0.15) is 0 Å². The Labute approximate surface area is 170 Å². The SMILES string of the molecule is CN(C(=O)c1cc2ccccc2s1)C1CCCN(C2Cc3ccccc3C2)C1. The Bertz CT molecular complexity index is 953. The fourth-order valence-electron chi connectivity index (χ4n) is 4.85. The standard InChI is InChI=1S/C24H26N2OS/c1-25(24(27)23-15-19-9-4-5-11-22(19)28-23)20-10-6-12-26(16-20)21-13-17-7-2-3-8-18(17)14-21/h2-5,7-9,11,15,20-21H,6,10,12-14,16H2,1H3. The van der Waals surface area contributed by atoms with Gasteiger partial charge in [-0.15, -0.1) is 11.3 Å². The first kappa shape index (κ1) is 17.9. The van der Waals surface area contributed by atoms with Crippen LogP contribution >= 0.6 is 11.3 Å². The predicted molar refractivity (Wildman–Crippen MR) is 116 cm³/mol. The number of likely N-dealkylation sites (tertiary alicyclic amines) is 1. The van der Waals surface area contributed by atoms with Crippen LogP contribution in [0.4, 0.5) is 0 Å². The number of likely N-dealkylation sites (N-methyl/N-ethyl adjacent to an activating group) is 1. The normalized spacial score (nSPS) is 20.4. The lowest BCUT2D eigenvalue weighted by Gasteiger charge is -2.40. The maximum absolute atomic E-state index is 13.1. The number of carbonyl (C=O) groups is 1. The number of fused-ring (bicyclic) bond motifs is 2. The molecule has 4 heteroatoms. The summed E-state index contributed by atoms with van der Waals surface area (Å²) >= 11 is 1.61. The molecular weight excluding hydrogens is 364 g/mol. The van der Waals surface area contributed by atoms with Gasteiger partial charge in [0.05, 0.1) is 4.88 Å². The maximum atomic E-state index is 13.1. The molecule has 1 atom stereocenters. The van der Waals surface area contributed by atoms with Crippen molar-refractivity contribution in [2.75, 3.05) is 20.1 Å². The van der Waals surface area contributed by atoms with E-state index in [0.29, 0.717) is 12.1 Å². The van der Waals surface area contributed by atoms with Crippen LogP contribution in [-0.4, -0.2) is 47.9 Å². The number of benzene rings is 2. The Morgan fingerprint density at radius 2 is 1.79 bits per heavy atom. The third kappa shape index (κ3) is 3.25. The zero-order valence-corrected chi connectivity index (χ0v) is 17.1. The fraction of sp³-hybridized carbons (Fsp3) is 0.375. The monoisotopic (exact) mass is 390 g/mol. The molecule has 0 saturated carbocycles. The van der Waals surface area contributed by atoms with E-state index >= 15 is 0 Å². The van der Waals surface area contributed by atoms with Gasteiger partial charge >= 0.3 is 0 Å². The molecule has 28 heavy (non-hydrogen) atoms. The molecular formula is C24H26N2OS. The van der Waals surface area contributed by atoms with Crippen molar-refractivity contribution < 1.29 is 4.79 Å². The predicted octanol–water partition coefficient (Wildman–Crippen LogP) is 4.61. The molecule has 0 radical (unpaired) electrons. The quantitative estimate of drug-likeness (QED) is 0.652. The van der Waals surface area contributed by atoms with Crippen molar-refractivity contribution >= 4 is 27.3 Å². The molecule has 3 nitrogen and oxygen atoms in total. The van der Waals surface area contributed by atoms with E-state index in [2.05, 4.69) is 41.3 Å². The summed E-state index contributed by atoms with van der Waals surface area (Å²) in [7, 11) is 1.99. The van der Waals surface area contributed by atoms with Crippen LogP contribution in [0.2, 0.25) is 0 Å². The molecule has 1 aliphatic heterocycles. The number of rotatable bonds is 3. The third-order valence-electron chi connectivity index (χ3n) is 6.48. The highest BCUT2D eigenvalue weighted by molar-refractivity contribution is 7.20. The van der Waals surface area contributed by atoms with Gasteiger partial charge in [-0.25, -0.2) is 0 Å². The number of amides is 1. The summed E-state index contributed by atoms with van der Waals surface area (Å²) in [4.78, 5) is 18.6. The number of carbonyl (C=O) groups excluding carboxylic acids is 1. The molecule has 1 saturated heterocycles. The van der Waals surface area contributed by atoms with Crippen LogP contribution in [-0.2, 0) is 12.8 Å². The largest absolute Gasteiger partial charge is 0.337 e. The van der Waals surface area contributed by atoms with Gasteiger partial charge in [-0.1, -0.05) is 42.5 Å². The van der Waals surface area contributed by atoms with E-state index in [-0.39, 0.29) is 5.91 Å². The molecule has 1 aromatic heterocycles. The minimum Gasteiger partial charge on any atom is -0.337 e. The zero-order chi connectivity index (χ0) is 19.1. The minimum absolute atomic E-state index is 0.169. The molecule has 0 N–H and O–H groups in total. The van der Waals surface area contributed by atoms with Crippen LogP contribution in [0, 0.1) is 0 Å². The summed E-state index contributed by atoms with van der Waals surface area (Å²) in [5.74, 6) is 0.169. The van der Waals surface area contributed by atoms with Crippen molar-refractivity contribution in [2.45, 2.75) is 37.8 Å². The summed E-state index contributed by atoms with van der Waals surface area (Å²) in [5, 5.41) is 1.17. The molecule has 1 aliphatic carbocycles. The Morgan fingerprint density at radius 1 is 1.07 bits per heavy atom. The van der Waals surface area contributed by atoms with Crippen LogP contribution in [0.3, 0.4) is 0 Å². The van der Waals surface area contributed by atoms with Crippen LogP contribution in [0.25, 0.3) is 10.1 Å². The molecule has 144 valence electrons. The van der Waals surface area contributed by atoms with Gasteiger partial charge in [0.15, 0.2) is 0 Å². The number of nitrogens with zero attached hydrogens (tertiary/aromatic N) is 2. The number of hydrogen-bond acceptors (Lipinski definition) is 3. The van der Waals surface area contributed by atoms with Gasteiger partial charge in [-0.3, -0.25) is 9.69 Å². The van der Waals surface area contributed by atoms with Gasteiger partial charge in [-0.05, 0) is 60.9 Å². The zero-order valence-electron chi connectivity index (χ0n) is 16.3. The molecule has 2 aromatic carbocycles. The molecule has 1 amide bonds. The van der Waals surface area contributed by atoms with Crippen molar-refractivity contribution in [3.05, 3.63) is 70.6 Å². The van der Waals surface area contributed by atoms with Crippen LogP contribution < -0.4 is 0 Å². The van der Waals surface area contributed by atoms with E-state index in [0.717, 1.165) is 37.2 Å². The Kier molecular flexibility index (Phi) is 4.69. The summed E-state index contributed by atoms with van der Waals surface area (Å²) in [5.41, 5.74) is 3.01. The topological polar surface area (TPSA) is 23.6 Å². The number of thiophene rings is 1. The highest BCUT2D eigenvalue weighted by atomic mass is 32.1. The van der Waals surface area contributed by atoms with E-state index in [4.69, 9.17) is 0 Å². The van der Waals surface area contributed by atoms with E-state index in [1.165, 1.54) is 27.6 Å². The Balaban J connectivity index is 1.29. The highest BCUT2D eigenvalue weighted by Crippen LogP contribution is 2.30. The fourth-order valence-corrected chi connectivity index (χ4v) is 5.90. The van der Waals surface area contributed by atoms with Crippen LogP contribution in [0.5, 0.6) is 0 Å². The molecule has 5 rings (SSSR count). The molecule has 0 spiro atoms. The second-order valence-electron chi connectivity index (χ2n) is 8.19. The molecule has 2 heterocycles.